The highest BCUT2D eigenvalue weighted by atomic mass is 19.1. The van der Waals surface area contributed by atoms with Crippen LogP contribution in [-0.4, -0.2) is 36.1 Å². The number of benzene rings is 1. The zero-order valence-corrected chi connectivity index (χ0v) is 10.6. The quantitative estimate of drug-likeness (QED) is 0.781. The predicted octanol–water partition coefficient (Wildman–Crippen LogP) is 1.66. The minimum atomic E-state index is -0.859. The lowest BCUT2D eigenvalue weighted by atomic mass is 10.1. The van der Waals surface area contributed by atoms with E-state index in [2.05, 4.69) is 0 Å². The van der Waals surface area contributed by atoms with Crippen LogP contribution < -0.4 is 4.74 Å². The van der Waals surface area contributed by atoms with Crippen LogP contribution in [0.4, 0.5) is 4.39 Å². The maximum absolute atomic E-state index is 13.5. The highest BCUT2D eigenvalue weighted by Gasteiger charge is 2.10. The largest absolute Gasteiger partial charge is 0.491 e. The van der Waals surface area contributed by atoms with Crippen LogP contribution in [0.3, 0.4) is 0 Å². The van der Waals surface area contributed by atoms with Crippen molar-refractivity contribution in [2.45, 2.75) is 26.1 Å². The maximum Gasteiger partial charge on any atom is 0.132 e. The highest BCUT2D eigenvalue weighted by molar-refractivity contribution is 5.30. The standard InChI is InChI=1S/C13H19FO4/c1-3-17-7-10(16)8-18-11-4-5-12(9(2)15)13(14)6-11/h4-6,9-10,15-16H,3,7-8H2,1-2H3. The summed E-state index contributed by atoms with van der Waals surface area (Å²) in [5.41, 5.74) is 0.220. The number of hydrogen-bond donors (Lipinski definition) is 2. The summed E-state index contributed by atoms with van der Waals surface area (Å²) in [6, 6.07) is 4.21. The average Bonchev–Trinajstić information content (AvgIpc) is 2.33. The Morgan fingerprint density at radius 3 is 2.56 bits per heavy atom. The van der Waals surface area contributed by atoms with Crippen molar-refractivity contribution in [1.29, 1.82) is 0 Å². The minimum absolute atomic E-state index is 0.0352. The van der Waals surface area contributed by atoms with Gasteiger partial charge >= 0.3 is 0 Å². The smallest absolute Gasteiger partial charge is 0.132 e. The monoisotopic (exact) mass is 258 g/mol. The summed E-state index contributed by atoms with van der Waals surface area (Å²) in [7, 11) is 0. The van der Waals surface area contributed by atoms with Crippen molar-refractivity contribution < 1.29 is 24.1 Å². The first-order valence-corrected chi connectivity index (χ1v) is 5.90. The molecule has 0 saturated carbocycles. The number of hydrogen-bond acceptors (Lipinski definition) is 4. The SMILES string of the molecule is CCOCC(O)COc1ccc(C(C)O)c(F)c1. The van der Waals surface area contributed by atoms with Gasteiger partial charge in [0.15, 0.2) is 0 Å². The van der Waals surface area contributed by atoms with Crippen molar-refractivity contribution in [3.8, 4) is 5.75 Å². The normalized spacial score (nSPS) is 14.3. The fourth-order valence-electron chi connectivity index (χ4n) is 1.43. The molecule has 0 spiro atoms. The van der Waals surface area contributed by atoms with Gasteiger partial charge in [-0.3, -0.25) is 0 Å². The summed E-state index contributed by atoms with van der Waals surface area (Å²) in [5, 5.41) is 18.7. The van der Waals surface area contributed by atoms with Gasteiger partial charge in [-0.15, -0.1) is 0 Å². The highest BCUT2D eigenvalue weighted by Crippen LogP contribution is 2.21. The molecular formula is C13H19FO4. The Hall–Kier alpha value is -1.17. The van der Waals surface area contributed by atoms with Crippen molar-refractivity contribution in [3.05, 3.63) is 29.6 Å². The van der Waals surface area contributed by atoms with Crippen LogP contribution in [0.15, 0.2) is 18.2 Å². The van der Waals surface area contributed by atoms with E-state index >= 15 is 0 Å². The van der Waals surface area contributed by atoms with Gasteiger partial charge in [0, 0.05) is 18.2 Å². The zero-order chi connectivity index (χ0) is 13.5. The molecule has 0 amide bonds. The Labute approximate surface area is 106 Å². The van der Waals surface area contributed by atoms with E-state index in [9.17, 15) is 14.6 Å². The van der Waals surface area contributed by atoms with Gasteiger partial charge in [0.25, 0.3) is 0 Å². The van der Waals surface area contributed by atoms with Crippen LogP contribution in [0.25, 0.3) is 0 Å². The molecule has 5 heteroatoms. The van der Waals surface area contributed by atoms with Crippen LogP contribution in [0.1, 0.15) is 25.5 Å². The Morgan fingerprint density at radius 1 is 1.28 bits per heavy atom. The van der Waals surface area contributed by atoms with E-state index in [0.29, 0.717) is 12.4 Å². The van der Waals surface area contributed by atoms with E-state index in [1.165, 1.54) is 19.1 Å². The molecule has 2 unspecified atom stereocenters. The molecule has 0 aliphatic heterocycles. The molecule has 0 aliphatic rings. The second-order valence-electron chi connectivity index (χ2n) is 3.98. The van der Waals surface area contributed by atoms with E-state index in [1.54, 1.807) is 6.07 Å². The van der Waals surface area contributed by atoms with Crippen LogP contribution >= 0.6 is 0 Å². The van der Waals surface area contributed by atoms with Gasteiger partial charge in [0.05, 0.1) is 12.7 Å². The van der Waals surface area contributed by atoms with E-state index < -0.39 is 18.0 Å². The molecule has 1 rings (SSSR count). The lowest BCUT2D eigenvalue weighted by molar-refractivity contribution is 0.0164. The van der Waals surface area contributed by atoms with Gasteiger partial charge < -0.3 is 19.7 Å². The molecule has 102 valence electrons. The molecule has 0 heterocycles. The Kier molecular flexibility index (Phi) is 6.04. The van der Waals surface area contributed by atoms with E-state index in [1.807, 2.05) is 6.92 Å². The molecular weight excluding hydrogens is 239 g/mol. The van der Waals surface area contributed by atoms with Gasteiger partial charge in [0.1, 0.15) is 24.3 Å². The molecule has 2 atom stereocenters. The Morgan fingerprint density at radius 2 is 2.00 bits per heavy atom. The molecule has 1 aromatic carbocycles. The minimum Gasteiger partial charge on any atom is -0.491 e. The summed E-state index contributed by atoms with van der Waals surface area (Å²) in [5.74, 6) is -0.214. The molecule has 0 aliphatic carbocycles. The van der Waals surface area contributed by atoms with Crippen molar-refractivity contribution >= 4 is 0 Å². The van der Waals surface area contributed by atoms with E-state index in [4.69, 9.17) is 9.47 Å². The molecule has 0 bridgehead atoms. The molecule has 0 fully saturated rings. The molecule has 0 aromatic heterocycles. The maximum atomic E-state index is 13.5. The Bertz CT molecular complexity index is 368. The first kappa shape index (κ1) is 14.9. The van der Waals surface area contributed by atoms with Crippen LogP contribution in [0.2, 0.25) is 0 Å². The first-order chi connectivity index (χ1) is 8.54. The fourth-order valence-corrected chi connectivity index (χ4v) is 1.43. The van der Waals surface area contributed by atoms with Crippen LogP contribution in [0, 0.1) is 5.82 Å². The number of rotatable bonds is 7. The number of aliphatic hydroxyl groups excluding tert-OH is 2. The molecule has 0 radical (unpaired) electrons. The van der Waals surface area contributed by atoms with Crippen molar-refractivity contribution in [3.63, 3.8) is 0 Å². The molecule has 18 heavy (non-hydrogen) atoms. The fraction of sp³-hybridized carbons (Fsp3) is 0.538. The topological polar surface area (TPSA) is 58.9 Å². The van der Waals surface area contributed by atoms with Gasteiger partial charge in [-0.2, -0.15) is 0 Å². The summed E-state index contributed by atoms with van der Waals surface area (Å²) in [6.45, 7) is 4.06. The van der Waals surface area contributed by atoms with Crippen LogP contribution in [-0.2, 0) is 4.74 Å². The first-order valence-electron chi connectivity index (χ1n) is 5.90. The van der Waals surface area contributed by atoms with Gasteiger partial charge in [-0.25, -0.2) is 4.39 Å². The lowest BCUT2D eigenvalue weighted by Crippen LogP contribution is -2.23. The average molecular weight is 258 g/mol. The molecule has 4 nitrogen and oxygen atoms in total. The second-order valence-corrected chi connectivity index (χ2v) is 3.98. The van der Waals surface area contributed by atoms with Gasteiger partial charge in [0.2, 0.25) is 0 Å². The number of aliphatic hydroxyl groups is 2. The molecule has 0 saturated heterocycles. The summed E-state index contributed by atoms with van der Waals surface area (Å²) in [4.78, 5) is 0. The summed E-state index contributed by atoms with van der Waals surface area (Å²) in [6.07, 6.45) is -1.60. The van der Waals surface area contributed by atoms with Crippen molar-refractivity contribution in [1.82, 2.24) is 0 Å². The van der Waals surface area contributed by atoms with Gasteiger partial charge in [-0.1, -0.05) is 0 Å². The molecule has 2 N–H and O–H groups in total. The third kappa shape index (κ3) is 4.60. The van der Waals surface area contributed by atoms with Crippen LogP contribution in [0.5, 0.6) is 5.75 Å². The van der Waals surface area contributed by atoms with Gasteiger partial charge in [-0.05, 0) is 26.0 Å². The van der Waals surface area contributed by atoms with Crippen molar-refractivity contribution in [2.75, 3.05) is 19.8 Å². The third-order valence-electron chi connectivity index (χ3n) is 2.38. The van der Waals surface area contributed by atoms with E-state index in [-0.39, 0.29) is 18.8 Å². The zero-order valence-electron chi connectivity index (χ0n) is 10.6. The Balaban J connectivity index is 2.51. The lowest BCUT2D eigenvalue weighted by Gasteiger charge is -2.13. The molecule has 1 aromatic rings. The summed E-state index contributed by atoms with van der Waals surface area (Å²) < 4.78 is 23.8. The predicted molar refractivity (Wildman–Crippen MR) is 65.0 cm³/mol. The van der Waals surface area contributed by atoms with Crippen molar-refractivity contribution in [2.24, 2.45) is 0 Å². The third-order valence-corrected chi connectivity index (χ3v) is 2.38. The number of ether oxygens (including phenoxy) is 2. The second kappa shape index (κ2) is 7.31. The number of halogens is 1. The van der Waals surface area contributed by atoms with E-state index in [0.717, 1.165) is 0 Å². The summed E-state index contributed by atoms with van der Waals surface area (Å²) >= 11 is 0.